The van der Waals surface area contributed by atoms with E-state index in [4.69, 9.17) is 4.74 Å². The molecule has 0 spiro atoms. The van der Waals surface area contributed by atoms with Crippen LogP contribution in [0, 0.1) is 0 Å². The predicted octanol–water partition coefficient (Wildman–Crippen LogP) is 3.41. The summed E-state index contributed by atoms with van der Waals surface area (Å²) >= 11 is 0. The quantitative estimate of drug-likeness (QED) is 0.815. The Kier molecular flexibility index (Phi) is 5.81. The summed E-state index contributed by atoms with van der Waals surface area (Å²) in [5.41, 5.74) is 2.87. The van der Waals surface area contributed by atoms with Crippen molar-refractivity contribution in [3.05, 3.63) is 35.5 Å². The minimum Gasteiger partial charge on any atom is -0.461 e. The largest absolute Gasteiger partial charge is 0.461 e. The molecule has 6 nitrogen and oxygen atoms in total. The summed E-state index contributed by atoms with van der Waals surface area (Å²) in [6, 6.07) is 8.82. The third kappa shape index (κ3) is 4.25. The monoisotopic (exact) mass is 342 g/mol. The Balaban J connectivity index is 1.76. The number of rotatable bonds is 6. The Morgan fingerprint density at radius 3 is 2.84 bits per heavy atom. The van der Waals surface area contributed by atoms with Gasteiger partial charge in [-0.05, 0) is 38.4 Å². The van der Waals surface area contributed by atoms with E-state index in [0.29, 0.717) is 18.3 Å². The van der Waals surface area contributed by atoms with E-state index >= 15 is 0 Å². The molecule has 0 amide bonds. The van der Waals surface area contributed by atoms with Crippen molar-refractivity contribution >= 4 is 5.97 Å². The van der Waals surface area contributed by atoms with Crippen LogP contribution in [0.15, 0.2) is 24.3 Å². The molecule has 0 saturated heterocycles. The maximum Gasteiger partial charge on any atom is 0.361 e. The molecule has 6 heteroatoms. The molecular formula is C19H26N4O2. The van der Waals surface area contributed by atoms with Gasteiger partial charge >= 0.3 is 5.97 Å². The number of carbonyl (C=O) groups is 1. The van der Waals surface area contributed by atoms with Gasteiger partial charge in [0.1, 0.15) is 5.69 Å². The van der Waals surface area contributed by atoms with Crippen molar-refractivity contribution in [1.82, 2.24) is 20.3 Å². The molecule has 0 atom stereocenters. The molecule has 1 aliphatic carbocycles. The van der Waals surface area contributed by atoms with Gasteiger partial charge < -0.3 is 4.74 Å². The average molecular weight is 342 g/mol. The van der Waals surface area contributed by atoms with E-state index in [9.17, 15) is 4.79 Å². The summed E-state index contributed by atoms with van der Waals surface area (Å²) in [5.74, 6) is -0.448. The number of nitrogens with zero attached hydrogens (tertiary/aromatic N) is 3. The van der Waals surface area contributed by atoms with Crippen molar-refractivity contribution < 1.29 is 9.53 Å². The van der Waals surface area contributed by atoms with Gasteiger partial charge in [-0.1, -0.05) is 37.5 Å². The van der Waals surface area contributed by atoms with Gasteiger partial charge in [-0.25, -0.2) is 4.79 Å². The van der Waals surface area contributed by atoms with E-state index in [1.807, 2.05) is 12.1 Å². The van der Waals surface area contributed by atoms with E-state index < -0.39 is 5.97 Å². The highest BCUT2D eigenvalue weighted by atomic mass is 16.5. The van der Waals surface area contributed by atoms with Crippen molar-refractivity contribution in [3.63, 3.8) is 0 Å². The molecule has 1 fully saturated rings. The highest BCUT2D eigenvalue weighted by Crippen LogP contribution is 2.25. The summed E-state index contributed by atoms with van der Waals surface area (Å²) in [5, 5.41) is 10.6. The number of carbonyl (C=O) groups excluding carboxylic acids is 1. The Morgan fingerprint density at radius 1 is 1.28 bits per heavy atom. The number of ether oxygens (including phenoxy) is 1. The molecule has 3 rings (SSSR count). The maximum absolute atomic E-state index is 12.0. The van der Waals surface area contributed by atoms with Gasteiger partial charge in [0, 0.05) is 18.2 Å². The summed E-state index contributed by atoms with van der Waals surface area (Å²) in [4.78, 5) is 14.5. The molecule has 1 heterocycles. The second-order valence-electron chi connectivity index (χ2n) is 6.65. The van der Waals surface area contributed by atoms with Crippen LogP contribution in [0.3, 0.4) is 0 Å². The fourth-order valence-corrected chi connectivity index (χ4v) is 3.53. The zero-order valence-electron chi connectivity index (χ0n) is 15.0. The van der Waals surface area contributed by atoms with Crippen LogP contribution in [0.4, 0.5) is 0 Å². The molecule has 0 radical (unpaired) electrons. The molecule has 1 aromatic heterocycles. The second-order valence-corrected chi connectivity index (χ2v) is 6.65. The first-order valence-corrected chi connectivity index (χ1v) is 9.06. The van der Waals surface area contributed by atoms with Crippen molar-refractivity contribution in [2.75, 3.05) is 13.7 Å². The molecule has 2 aromatic rings. The fourth-order valence-electron chi connectivity index (χ4n) is 3.53. The van der Waals surface area contributed by atoms with E-state index in [-0.39, 0.29) is 5.69 Å². The Labute approximate surface area is 148 Å². The lowest BCUT2D eigenvalue weighted by molar-refractivity contribution is 0.0520. The Morgan fingerprint density at radius 2 is 2.08 bits per heavy atom. The van der Waals surface area contributed by atoms with Gasteiger partial charge in [-0.2, -0.15) is 10.3 Å². The van der Waals surface area contributed by atoms with Crippen molar-refractivity contribution in [3.8, 4) is 11.3 Å². The van der Waals surface area contributed by atoms with Crippen molar-refractivity contribution in [2.45, 2.75) is 51.6 Å². The highest BCUT2D eigenvalue weighted by molar-refractivity contribution is 5.93. The topological polar surface area (TPSA) is 71.1 Å². The first-order valence-electron chi connectivity index (χ1n) is 9.06. The van der Waals surface area contributed by atoms with Gasteiger partial charge in [0.2, 0.25) is 0 Å². The lowest BCUT2D eigenvalue weighted by Gasteiger charge is -2.31. The molecule has 25 heavy (non-hydrogen) atoms. The van der Waals surface area contributed by atoms with Gasteiger partial charge in [-0.15, -0.1) is 5.10 Å². The van der Waals surface area contributed by atoms with E-state index in [1.165, 1.54) is 37.7 Å². The van der Waals surface area contributed by atoms with Crippen molar-refractivity contribution in [1.29, 1.82) is 0 Å². The Hall–Kier alpha value is -2.21. The van der Waals surface area contributed by atoms with Crippen LogP contribution in [-0.2, 0) is 11.3 Å². The summed E-state index contributed by atoms with van der Waals surface area (Å²) in [7, 11) is 2.20. The molecule has 0 bridgehead atoms. The number of aromatic nitrogens is 3. The average Bonchev–Trinajstić information content (AvgIpc) is 3.13. The molecule has 1 aliphatic rings. The molecule has 134 valence electrons. The number of aromatic amines is 1. The number of benzene rings is 1. The molecule has 0 aliphatic heterocycles. The second kappa shape index (κ2) is 8.25. The normalized spacial score (nSPS) is 15.5. The van der Waals surface area contributed by atoms with Gasteiger partial charge in [0.15, 0.2) is 5.69 Å². The zero-order chi connectivity index (χ0) is 17.6. The minimum absolute atomic E-state index is 0.236. The number of hydrogen-bond acceptors (Lipinski definition) is 5. The van der Waals surface area contributed by atoms with E-state index in [1.54, 1.807) is 6.92 Å². The van der Waals surface area contributed by atoms with Crippen LogP contribution < -0.4 is 0 Å². The lowest BCUT2D eigenvalue weighted by atomic mass is 9.94. The molecule has 1 saturated carbocycles. The fraction of sp³-hybridized carbons (Fsp3) is 0.526. The first kappa shape index (κ1) is 17.6. The van der Waals surface area contributed by atoms with Crippen LogP contribution in [-0.4, -0.2) is 46.0 Å². The number of hydrogen-bond donors (Lipinski definition) is 1. The van der Waals surface area contributed by atoms with Gasteiger partial charge in [0.25, 0.3) is 0 Å². The van der Waals surface area contributed by atoms with E-state index in [2.05, 4.69) is 39.5 Å². The summed E-state index contributed by atoms with van der Waals surface area (Å²) in [6.07, 6.45) is 6.59. The van der Waals surface area contributed by atoms with Crippen LogP contribution in [0.25, 0.3) is 11.3 Å². The van der Waals surface area contributed by atoms with Crippen LogP contribution >= 0.6 is 0 Å². The summed E-state index contributed by atoms with van der Waals surface area (Å²) < 4.78 is 5.05. The molecule has 1 N–H and O–H groups in total. The highest BCUT2D eigenvalue weighted by Gasteiger charge is 2.20. The van der Waals surface area contributed by atoms with Crippen molar-refractivity contribution in [2.24, 2.45) is 0 Å². The number of H-pyrrole nitrogens is 1. The van der Waals surface area contributed by atoms with Gasteiger partial charge in [-0.3, -0.25) is 4.90 Å². The molecule has 1 aromatic carbocycles. The third-order valence-corrected chi connectivity index (χ3v) is 4.85. The Bertz CT molecular complexity index is 707. The maximum atomic E-state index is 12.0. The molecular weight excluding hydrogens is 316 g/mol. The third-order valence-electron chi connectivity index (χ3n) is 4.85. The van der Waals surface area contributed by atoms with E-state index in [0.717, 1.165) is 12.1 Å². The predicted molar refractivity (Wildman–Crippen MR) is 96.1 cm³/mol. The molecule has 0 unspecified atom stereocenters. The number of nitrogens with one attached hydrogen (secondary N) is 1. The van der Waals surface area contributed by atoms with Gasteiger partial charge in [0.05, 0.1) is 6.61 Å². The SMILES string of the molecule is CCOC(=O)c1n[nH]nc1-c1cccc(CN(C)C2CCCCC2)c1. The number of esters is 1. The first-order chi connectivity index (χ1) is 12.2. The van der Waals surface area contributed by atoms with Crippen LogP contribution in [0.5, 0.6) is 0 Å². The van der Waals surface area contributed by atoms with Crippen LogP contribution in [0.1, 0.15) is 55.1 Å². The summed E-state index contributed by atoms with van der Waals surface area (Å²) in [6.45, 7) is 2.99. The standard InChI is InChI=1S/C19H26N4O2/c1-3-25-19(24)18-17(20-22-21-18)15-9-7-8-14(12-15)13-23(2)16-10-5-4-6-11-16/h7-9,12,16H,3-6,10-11,13H2,1-2H3,(H,20,21,22). The van der Waals surface area contributed by atoms with Crippen LogP contribution in [0.2, 0.25) is 0 Å². The smallest absolute Gasteiger partial charge is 0.361 e. The zero-order valence-corrected chi connectivity index (χ0v) is 15.0. The lowest BCUT2D eigenvalue weighted by Crippen LogP contribution is -2.32. The minimum atomic E-state index is -0.448.